The van der Waals surface area contributed by atoms with Gasteiger partial charge in [-0.25, -0.2) is 4.39 Å². The van der Waals surface area contributed by atoms with Crippen molar-refractivity contribution in [1.82, 2.24) is 10.2 Å². The van der Waals surface area contributed by atoms with Crippen molar-refractivity contribution in [3.05, 3.63) is 60.2 Å². The number of nitrogens with zero attached hydrogens (tertiary/aromatic N) is 1. The zero-order chi connectivity index (χ0) is 16.2. The molecule has 1 heterocycles. The van der Waals surface area contributed by atoms with Crippen LogP contribution in [-0.2, 0) is 6.54 Å². The molecule has 0 bridgehead atoms. The lowest BCUT2D eigenvalue weighted by Crippen LogP contribution is -2.20. The van der Waals surface area contributed by atoms with Crippen LogP contribution in [0.15, 0.2) is 48.8 Å². The van der Waals surface area contributed by atoms with E-state index in [0.717, 1.165) is 29.1 Å². The van der Waals surface area contributed by atoms with Gasteiger partial charge in [0.1, 0.15) is 17.3 Å². The Morgan fingerprint density at radius 3 is 2.61 bits per heavy atom. The Hall–Kier alpha value is -2.69. The Morgan fingerprint density at radius 1 is 1.09 bits per heavy atom. The quantitative estimate of drug-likeness (QED) is 0.918. The van der Waals surface area contributed by atoms with Gasteiger partial charge in [0.2, 0.25) is 0 Å². The third kappa shape index (κ3) is 3.23. The highest BCUT2D eigenvalue weighted by molar-refractivity contribution is 5.74. The van der Waals surface area contributed by atoms with E-state index in [4.69, 9.17) is 9.47 Å². The maximum absolute atomic E-state index is 13.7. The highest BCUT2D eigenvalue weighted by atomic mass is 19.1. The molecule has 2 aromatic carbocycles. The highest BCUT2D eigenvalue weighted by Crippen LogP contribution is 2.36. The van der Waals surface area contributed by atoms with E-state index in [1.807, 2.05) is 30.6 Å². The molecule has 120 valence electrons. The molecule has 0 unspecified atom stereocenters. The number of hydrogen-bond donors (Lipinski definition) is 1. The Labute approximate surface area is 135 Å². The largest absolute Gasteiger partial charge is 0.497 e. The summed E-state index contributed by atoms with van der Waals surface area (Å²) in [6, 6.07) is 10.5. The molecule has 4 nitrogen and oxygen atoms in total. The zero-order valence-corrected chi connectivity index (χ0v) is 13.2. The van der Waals surface area contributed by atoms with Crippen molar-refractivity contribution < 1.29 is 13.9 Å². The average Bonchev–Trinajstić information content (AvgIpc) is 3.07. The van der Waals surface area contributed by atoms with Crippen LogP contribution in [0.2, 0.25) is 0 Å². The highest BCUT2D eigenvalue weighted by Gasteiger charge is 2.15. The first-order valence-electron chi connectivity index (χ1n) is 7.36. The van der Waals surface area contributed by atoms with Gasteiger partial charge in [-0.05, 0) is 35.4 Å². The molecule has 5 heteroatoms. The predicted octanol–water partition coefficient (Wildman–Crippen LogP) is 3.34. The predicted molar refractivity (Wildman–Crippen MR) is 87.6 cm³/mol. The van der Waals surface area contributed by atoms with Gasteiger partial charge in [0.15, 0.2) is 0 Å². The fourth-order valence-electron chi connectivity index (χ4n) is 2.69. The number of benzene rings is 2. The van der Waals surface area contributed by atoms with Crippen molar-refractivity contribution in [3.63, 3.8) is 0 Å². The van der Waals surface area contributed by atoms with Crippen LogP contribution in [0.5, 0.6) is 11.5 Å². The second-order valence-electron chi connectivity index (χ2n) is 5.29. The van der Waals surface area contributed by atoms with E-state index in [1.165, 1.54) is 6.07 Å². The van der Waals surface area contributed by atoms with E-state index >= 15 is 0 Å². The second-order valence-corrected chi connectivity index (χ2v) is 5.29. The number of nitrogens with one attached hydrogen (secondary N) is 1. The molecule has 0 atom stereocenters. The summed E-state index contributed by atoms with van der Waals surface area (Å²) < 4.78 is 24.5. The topological polar surface area (TPSA) is 33.7 Å². The molecule has 0 fully saturated rings. The molecule has 0 saturated carbocycles. The Kier molecular flexibility index (Phi) is 4.37. The van der Waals surface area contributed by atoms with E-state index in [0.29, 0.717) is 12.3 Å². The van der Waals surface area contributed by atoms with Crippen LogP contribution in [0.25, 0.3) is 11.1 Å². The molecule has 1 aliphatic heterocycles. The minimum absolute atomic E-state index is 0.243. The van der Waals surface area contributed by atoms with Gasteiger partial charge in [-0.2, -0.15) is 0 Å². The zero-order valence-electron chi connectivity index (χ0n) is 13.2. The molecule has 0 spiro atoms. The first kappa shape index (κ1) is 15.2. The summed E-state index contributed by atoms with van der Waals surface area (Å²) in [5.74, 6) is 1.18. The Balaban J connectivity index is 2.03. The summed E-state index contributed by atoms with van der Waals surface area (Å²) in [4.78, 5) is 2.08. The van der Waals surface area contributed by atoms with Crippen molar-refractivity contribution in [2.24, 2.45) is 0 Å². The minimum atomic E-state index is -0.243. The van der Waals surface area contributed by atoms with E-state index in [9.17, 15) is 4.39 Å². The van der Waals surface area contributed by atoms with Gasteiger partial charge in [-0.1, -0.05) is 6.07 Å². The van der Waals surface area contributed by atoms with Crippen LogP contribution in [0.1, 0.15) is 5.56 Å². The SMILES string of the molecule is COc1ccc(-c2ccc(F)cc2CN2C=CNC2)c(OC)c1. The number of ether oxygens (including phenoxy) is 2. The summed E-state index contributed by atoms with van der Waals surface area (Å²) >= 11 is 0. The number of rotatable bonds is 5. The molecule has 0 amide bonds. The van der Waals surface area contributed by atoms with Crippen LogP contribution in [0.3, 0.4) is 0 Å². The minimum Gasteiger partial charge on any atom is -0.497 e. The Bertz CT molecular complexity index is 731. The summed E-state index contributed by atoms with van der Waals surface area (Å²) in [6.07, 6.45) is 3.84. The lowest BCUT2D eigenvalue weighted by Gasteiger charge is -2.19. The fourth-order valence-corrected chi connectivity index (χ4v) is 2.69. The third-order valence-corrected chi connectivity index (χ3v) is 3.84. The smallest absolute Gasteiger partial charge is 0.130 e. The number of hydrogen-bond acceptors (Lipinski definition) is 4. The first-order valence-corrected chi connectivity index (χ1v) is 7.36. The number of halogens is 1. The maximum atomic E-state index is 13.7. The molecule has 23 heavy (non-hydrogen) atoms. The van der Waals surface area contributed by atoms with Crippen molar-refractivity contribution in [2.75, 3.05) is 20.9 Å². The van der Waals surface area contributed by atoms with Gasteiger partial charge in [0.05, 0.1) is 20.9 Å². The monoisotopic (exact) mass is 314 g/mol. The molecular formula is C18H19FN2O2. The van der Waals surface area contributed by atoms with E-state index in [2.05, 4.69) is 10.2 Å². The molecular weight excluding hydrogens is 295 g/mol. The van der Waals surface area contributed by atoms with E-state index < -0.39 is 0 Å². The van der Waals surface area contributed by atoms with Crippen LogP contribution in [-0.4, -0.2) is 25.8 Å². The van der Waals surface area contributed by atoms with Gasteiger partial charge in [0, 0.05) is 30.6 Å². The first-order chi connectivity index (χ1) is 11.2. The molecule has 0 aliphatic carbocycles. The van der Waals surface area contributed by atoms with Gasteiger partial charge in [-0.15, -0.1) is 0 Å². The molecule has 1 aliphatic rings. The van der Waals surface area contributed by atoms with Crippen molar-refractivity contribution in [1.29, 1.82) is 0 Å². The normalized spacial score (nSPS) is 13.1. The summed E-state index contributed by atoms with van der Waals surface area (Å²) in [7, 11) is 3.24. The van der Waals surface area contributed by atoms with E-state index in [-0.39, 0.29) is 5.82 Å². The third-order valence-electron chi connectivity index (χ3n) is 3.84. The van der Waals surface area contributed by atoms with Crippen LogP contribution in [0.4, 0.5) is 4.39 Å². The Morgan fingerprint density at radius 2 is 1.91 bits per heavy atom. The van der Waals surface area contributed by atoms with Crippen molar-refractivity contribution in [3.8, 4) is 22.6 Å². The van der Waals surface area contributed by atoms with Gasteiger partial charge >= 0.3 is 0 Å². The van der Waals surface area contributed by atoms with Gasteiger partial charge < -0.3 is 19.7 Å². The maximum Gasteiger partial charge on any atom is 0.130 e. The lowest BCUT2D eigenvalue weighted by molar-refractivity contribution is 0.384. The van der Waals surface area contributed by atoms with Gasteiger partial charge in [0.25, 0.3) is 0 Å². The van der Waals surface area contributed by atoms with Gasteiger partial charge in [-0.3, -0.25) is 0 Å². The van der Waals surface area contributed by atoms with Crippen LogP contribution in [0, 0.1) is 5.82 Å². The average molecular weight is 314 g/mol. The number of methoxy groups -OCH3 is 2. The summed E-state index contributed by atoms with van der Waals surface area (Å²) in [5.41, 5.74) is 2.77. The summed E-state index contributed by atoms with van der Waals surface area (Å²) in [6.45, 7) is 1.33. The fraction of sp³-hybridized carbons (Fsp3) is 0.222. The second kappa shape index (κ2) is 6.60. The molecule has 3 rings (SSSR count). The molecule has 1 N–H and O–H groups in total. The van der Waals surface area contributed by atoms with E-state index in [1.54, 1.807) is 26.4 Å². The molecule has 2 aromatic rings. The molecule has 0 saturated heterocycles. The van der Waals surface area contributed by atoms with Crippen molar-refractivity contribution >= 4 is 0 Å². The van der Waals surface area contributed by atoms with Crippen LogP contribution < -0.4 is 14.8 Å². The standard InChI is InChI=1S/C18H19FN2O2/c1-22-15-4-6-17(18(10-15)23-2)16-5-3-14(19)9-13(16)11-21-8-7-20-12-21/h3-10,20H,11-12H2,1-2H3. The molecule has 0 aromatic heterocycles. The summed E-state index contributed by atoms with van der Waals surface area (Å²) in [5, 5.41) is 3.11. The van der Waals surface area contributed by atoms with Crippen LogP contribution >= 0.6 is 0 Å². The molecule has 0 radical (unpaired) electrons. The lowest BCUT2D eigenvalue weighted by atomic mass is 9.98. The van der Waals surface area contributed by atoms with Crippen molar-refractivity contribution in [2.45, 2.75) is 6.54 Å².